The van der Waals surface area contributed by atoms with Crippen molar-refractivity contribution in [2.45, 2.75) is 6.18 Å². The number of imidazole rings is 1. The van der Waals surface area contributed by atoms with E-state index in [4.69, 9.17) is 9.90 Å². The van der Waals surface area contributed by atoms with Gasteiger partial charge in [-0.2, -0.15) is 17.6 Å². The van der Waals surface area contributed by atoms with Crippen LogP contribution in [0.3, 0.4) is 0 Å². The van der Waals surface area contributed by atoms with E-state index in [2.05, 4.69) is 20.3 Å². The zero-order valence-electron chi connectivity index (χ0n) is 17.8. The summed E-state index contributed by atoms with van der Waals surface area (Å²) < 4.78 is 33.5. The highest BCUT2D eigenvalue weighted by Crippen LogP contribution is 2.23. The molecule has 8 nitrogen and oxygen atoms in total. The third-order valence-electron chi connectivity index (χ3n) is 4.99. The number of benzene rings is 1. The highest BCUT2D eigenvalue weighted by molar-refractivity contribution is 6.10. The lowest BCUT2D eigenvalue weighted by Gasteiger charge is -2.05. The van der Waals surface area contributed by atoms with Crippen molar-refractivity contribution < 1.29 is 37.3 Å². The fourth-order valence-corrected chi connectivity index (χ4v) is 3.44. The maximum absolute atomic E-state index is 13.1. The monoisotopic (exact) mass is 480 g/mol. The Morgan fingerprint density at radius 2 is 1.77 bits per heavy atom. The van der Waals surface area contributed by atoms with Crippen LogP contribution in [0.4, 0.5) is 18.9 Å². The molecule has 0 aliphatic carbocycles. The lowest BCUT2D eigenvalue weighted by Crippen LogP contribution is -2.37. The number of H-pyrrole nitrogens is 2. The van der Waals surface area contributed by atoms with Crippen molar-refractivity contribution in [2.24, 2.45) is 0 Å². The number of aliphatic carboxylic acids is 1. The zero-order valence-corrected chi connectivity index (χ0v) is 17.8. The van der Waals surface area contributed by atoms with Crippen LogP contribution in [0.2, 0.25) is 0 Å². The van der Waals surface area contributed by atoms with Crippen LogP contribution in [-0.2, 0) is 4.79 Å². The third-order valence-corrected chi connectivity index (χ3v) is 4.99. The van der Waals surface area contributed by atoms with Crippen LogP contribution in [0, 0.1) is 0 Å². The minimum atomic E-state index is -5.19. The normalized spacial score (nSPS) is 11.1. The topological polar surface area (TPSA) is 116 Å². The summed E-state index contributed by atoms with van der Waals surface area (Å²) in [6.45, 7) is 0. The summed E-state index contributed by atoms with van der Waals surface area (Å²) in [5.74, 6) is -2.37. The van der Waals surface area contributed by atoms with Crippen LogP contribution < -0.4 is 19.8 Å². The number of carboxylic acids is 1. The summed E-state index contributed by atoms with van der Waals surface area (Å²) in [5, 5.41) is 13.8. The number of halogens is 3. The Kier molecular flexibility index (Phi) is 6.40. The lowest BCUT2D eigenvalue weighted by molar-refractivity contribution is -0.498. The number of nitrogens with zero attached hydrogens (tertiary/aromatic N) is 2. The second-order valence-electron chi connectivity index (χ2n) is 7.23. The fourth-order valence-electron chi connectivity index (χ4n) is 3.44. The molecule has 0 aliphatic rings. The van der Waals surface area contributed by atoms with Gasteiger partial charge in [0.25, 0.3) is 11.7 Å². The van der Waals surface area contributed by atoms with Crippen molar-refractivity contribution in [1.29, 1.82) is 0 Å². The molecule has 0 spiro atoms. The summed E-state index contributed by atoms with van der Waals surface area (Å²) >= 11 is 0. The van der Waals surface area contributed by atoms with Crippen molar-refractivity contribution >= 4 is 33.9 Å². The molecule has 3 N–H and O–H groups in total. The van der Waals surface area contributed by atoms with Gasteiger partial charge in [-0.3, -0.25) is 9.78 Å². The van der Waals surface area contributed by atoms with Gasteiger partial charge in [-0.15, -0.1) is 0 Å². The molecule has 0 saturated heterocycles. The number of carbonyl (C=O) groups is 2. The number of aromatic nitrogens is 4. The minimum Gasteiger partial charge on any atom is -0.542 e. The van der Waals surface area contributed by atoms with Gasteiger partial charge in [0.1, 0.15) is 5.97 Å². The van der Waals surface area contributed by atoms with E-state index < -0.39 is 12.1 Å². The second kappa shape index (κ2) is 9.59. The van der Waals surface area contributed by atoms with Gasteiger partial charge in [0.15, 0.2) is 17.9 Å². The van der Waals surface area contributed by atoms with Crippen molar-refractivity contribution in [2.75, 3.05) is 5.32 Å². The van der Waals surface area contributed by atoms with E-state index in [0.717, 1.165) is 33.4 Å². The van der Waals surface area contributed by atoms with Gasteiger partial charge in [0, 0.05) is 34.9 Å². The number of aromatic amines is 2. The average Bonchev–Trinajstić information content (AvgIpc) is 3.25. The van der Waals surface area contributed by atoms with Gasteiger partial charge in [-0.25, -0.2) is 9.97 Å². The number of amides is 1. The first kappa shape index (κ1) is 23.4. The molecular weight excluding hydrogens is 463 g/mol. The summed E-state index contributed by atoms with van der Waals surface area (Å²) in [4.78, 5) is 32.4. The van der Waals surface area contributed by atoms with Gasteiger partial charge in [-0.05, 0) is 36.4 Å². The molecule has 0 fully saturated rings. The molecule has 0 atom stereocenters. The Balaban J connectivity index is 0.000000364. The SMILES string of the molecule is O=C(Nc1cccc2c[nH+]ccc12)c1[nH]c(-c2ccncc2)[n+]2ccccc12.O=C([O-])C(F)(F)F. The average molecular weight is 480 g/mol. The standard InChI is InChI=1S/C22H15N5O.C2HF3O2/c28-22(25-18-5-3-4-16-14-24-12-9-17(16)18)20-19-6-1-2-13-27(19)21(26-20)15-7-10-23-11-8-15;3-2(4,5)1(6)7/h1-14H,(H,25,28);(H,6,7)/p+1. The Morgan fingerprint density at radius 1 is 1.03 bits per heavy atom. The number of anilines is 1. The van der Waals surface area contributed by atoms with Crippen molar-refractivity contribution in [3.8, 4) is 11.4 Å². The van der Waals surface area contributed by atoms with Gasteiger partial charge in [0.2, 0.25) is 5.69 Å². The van der Waals surface area contributed by atoms with E-state index in [1.807, 2.05) is 77.6 Å². The first-order valence-corrected chi connectivity index (χ1v) is 10.2. The van der Waals surface area contributed by atoms with Crippen LogP contribution in [-0.4, -0.2) is 28.0 Å². The molecule has 4 heterocycles. The van der Waals surface area contributed by atoms with E-state index in [0.29, 0.717) is 5.69 Å². The molecular formula is C24H17F3N5O3+. The Bertz CT molecular complexity index is 1510. The maximum Gasteiger partial charge on any atom is 0.430 e. The molecule has 35 heavy (non-hydrogen) atoms. The maximum atomic E-state index is 13.1. The number of hydrogen-bond donors (Lipinski definition) is 2. The first-order valence-electron chi connectivity index (χ1n) is 10.2. The quantitative estimate of drug-likeness (QED) is 0.386. The molecule has 4 aromatic heterocycles. The van der Waals surface area contributed by atoms with Crippen molar-refractivity contribution in [3.63, 3.8) is 0 Å². The highest BCUT2D eigenvalue weighted by Gasteiger charge is 2.29. The van der Waals surface area contributed by atoms with Crippen LogP contribution in [0.5, 0.6) is 0 Å². The molecule has 176 valence electrons. The number of carbonyl (C=O) groups excluding carboxylic acids is 2. The molecule has 1 amide bonds. The molecule has 11 heteroatoms. The first-order chi connectivity index (χ1) is 16.8. The molecule has 0 saturated carbocycles. The van der Waals surface area contributed by atoms with E-state index in [9.17, 15) is 18.0 Å². The molecule has 5 rings (SSSR count). The predicted molar refractivity (Wildman–Crippen MR) is 117 cm³/mol. The molecule has 1 aromatic carbocycles. The van der Waals surface area contributed by atoms with E-state index in [1.165, 1.54) is 0 Å². The number of pyridine rings is 3. The van der Waals surface area contributed by atoms with E-state index >= 15 is 0 Å². The molecule has 0 radical (unpaired) electrons. The molecule has 5 aromatic rings. The van der Waals surface area contributed by atoms with Gasteiger partial charge < -0.3 is 15.2 Å². The van der Waals surface area contributed by atoms with Crippen molar-refractivity contribution in [1.82, 2.24) is 9.97 Å². The van der Waals surface area contributed by atoms with Gasteiger partial charge >= 0.3 is 6.18 Å². The number of alkyl halides is 3. The van der Waals surface area contributed by atoms with Gasteiger partial charge in [0.05, 0.1) is 11.8 Å². The largest absolute Gasteiger partial charge is 0.542 e. The Hall–Kier alpha value is -4.80. The summed E-state index contributed by atoms with van der Waals surface area (Å²) in [7, 11) is 0. The van der Waals surface area contributed by atoms with Crippen LogP contribution in [0.25, 0.3) is 27.7 Å². The minimum absolute atomic E-state index is 0.190. The Morgan fingerprint density at radius 3 is 2.49 bits per heavy atom. The predicted octanol–water partition coefficient (Wildman–Crippen LogP) is 2.33. The zero-order chi connectivity index (χ0) is 25.0. The van der Waals surface area contributed by atoms with Gasteiger partial charge in [-0.1, -0.05) is 12.1 Å². The van der Waals surface area contributed by atoms with Crippen LogP contribution in [0.1, 0.15) is 10.5 Å². The number of nitrogens with one attached hydrogen (secondary N) is 3. The smallest absolute Gasteiger partial charge is 0.430 e. The number of hydrogen-bond acceptors (Lipinski definition) is 4. The third kappa shape index (κ3) is 5.08. The number of fused-ring (bicyclic) bond motifs is 2. The molecule has 0 unspecified atom stereocenters. The summed E-state index contributed by atoms with van der Waals surface area (Å²) in [6.07, 6.45) is 3.97. The molecule has 0 bridgehead atoms. The highest BCUT2D eigenvalue weighted by atomic mass is 19.4. The lowest BCUT2D eigenvalue weighted by atomic mass is 10.1. The summed E-state index contributed by atoms with van der Waals surface area (Å²) in [5.41, 5.74) is 3.04. The number of rotatable bonds is 3. The Labute approximate surface area is 195 Å². The van der Waals surface area contributed by atoms with Crippen LogP contribution in [0.15, 0.2) is 85.6 Å². The fraction of sp³-hybridized carbons (Fsp3) is 0.0417. The number of carboxylic acid groups (broad SMARTS) is 1. The second-order valence-corrected chi connectivity index (χ2v) is 7.23. The summed E-state index contributed by atoms with van der Waals surface area (Å²) in [6, 6.07) is 17.4. The van der Waals surface area contributed by atoms with E-state index in [-0.39, 0.29) is 5.91 Å². The molecule has 0 aliphatic heterocycles. The van der Waals surface area contributed by atoms with Crippen LogP contribution >= 0.6 is 0 Å². The van der Waals surface area contributed by atoms with E-state index in [1.54, 1.807) is 12.4 Å². The van der Waals surface area contributed by atoms with Crippen molar-refractivity contribution in [3.05, 3.63) is 91.3 Å².